The number of likely N-dealkylation sites (tertiary alicyclic amines) is 1. The third-order valence-corrected chi connectivity index (χ3v) is 7.78. The second-order valence-corrected chi connectivity index (χ2v) is 9.92. The summed E-state index contributed by atoms with van der Waals surface area (Å²) in [6.07, 6.45) is 5.35. The zero-order valence-electron chi connectivity index (χ0n) is 20.3. The molecule has 2 aromatic rings. The largest absolute Gasteiger partial charge is 0.497 e. The van der Waals surface area contributed by atoms with Gasteiger partial charge in [0, 0.05) is 63.1 Å². The summed E-state index contributed by atoms with van der Waals surface area (Å²) in [5, 5.41) is 0. The molecule has 0 aromatic heterocycles. The van der Waals surface area contributed by atoms with E-state index in [-0.39, 0.29) is 5.91 Å². The number of benzene rings is 2. The first-order chi connectivity index (χ1) is 16.7. The zero-order chi connectivity index (χ0) is 23.3. The molecule has 182 valence electrons. The summed E-state index contributed by atoms with van der Waals surface area (Å²) in [6.45, 7) is 7.50. The Bertz CT molecular complexity index is 944. The van der Waals surface area contributed by atoms with E-state index in [0.717, 1.165) is 67.2 Å². The first-order valence-corrected chi connectivity index (χ1v) is 12.8. The lowest BCUT2D eigenvalue weighted by Crippen LogP contribution is -2.48. The van der Waals surface area contributed by atoms with Crippen molar-refractivity contribution < 1.29 is 14.3 Å². The highest BCUT2D eigenvalue weighted by Crippen LogP contribution is 2.37. The molecule has 2 unspecified atom stereocenters. The van der Waals surface area contributed by atoms with Gasteiger partial charge < -0.3 is 24.2 Å². The highest BCUT2D eigenvalue weighted by Gasteiger charge is 2.35. The Morgan fingerprint density at radius 3 is 2.38 bits per heavy atom. The third kappa shape index (κ3) is 5.33. The Morgan fingerprint density at radius 1 is 0.941 bits per heavy atom. The zero-order valence-corrected chi connectivity index (χ0v) is 20.3. The number of carbonyl (C=O) groups excluding carboxylic acids is 1. The number of piperazine rings is 1. The number of ether oxygens (including phenoxy) is 2. The predicted octanol–water partition coefficient (Wildman–Crippen LogP) is 4.16. The van der Waals surface area contributed by atoms with E-state index in [0.29, 0.717) is 13.1 Å². The first-order valence-electron chi connectivity index (χ1n) is 12.8. The van der Waals surface area contributed by atoms with Crippen LogP contribution in [0.15, 0.2) is 48.5 Å². The van der Waals surface area contributed by atoms with E-state index >= 15 is 0 Å². The van der Waals surface area contributed by atoms with Gasteiger partial charge in [0.2, 0.25) is 0 Å². The lowest BCUT2D eigenvalue weighted by Gasteiger charge is -2.36. The van der Waals surface area contributed by atoms with E-state index in [9.17, 15) is 4.79 Å². The van der Waals surface area contributed by atoms with Crippen LogP contribution in [0.1, 0.15) is 36.0 Å². The van der Waals surface area contributed by atoms with Crippen molar-refractivity contribution in [2.45, 2.75) is 25.7 Å². The molecule has 6 nitrogen and oxygen atoms in total. The van der Waals surface area contributed by atoms with Gasteiger partial charge in [-0.05, 0) is 67.5 Å². The van der Waals surface area contributed by atoms with Crippen LogP contribution in [-0.2, 0) is 0 Å². The summed E-state index contributed by atoms with van der Waals surface area (Å²) in [5.74, 6) is 3.71. The first kappa shape index (κ1) is 23.0. The highest BCUT2D eigenvalue weighted by molar-refractivity contribution is 5.94. The molecule has 0 N–H and O–H groups in total. The van der Waals surface area contributed by atoms with Crippen LogP contribution in [0.25, 0.3) is 0 Å². The number of rotatable bonds is 8. The molecule has 2 aromatic carbocycles. The van der Waals surface area contributed by atoms with Crippen molar-refractivity contribution in [3.8, 4) is 11.5 Å². The number of carbonyl (C=O) groups is 1. The summed E-state index contributed by atoms with van der Waals surface area (Å²) in [6, 6.07) is 15.8. The Kier molecular flexibility index (Phi) is 7.24. The van der Waals surface area contributed by atoms with Crippen molar-refractivity contribution in [1.29, 1.82) is 0 Å². The molecule has 2 heterocycles. The lowest BCUT2D eigenvalue weighted by molar-refractivity contribution is 0.0746. The molecule has 1 aliphatic carbocycles. The Hall–Kier alpha value is -2.73. The number of methoxy groups -OCH3 is 1. The number of hydrogen-bond acceptors (Lipinski definition) is 5. The molecule has 1 amide bonds. The van der Waals surface area contributed by atoms with E-state index in [1.165, 1.54) is 32.4 Å². The number of anilines is 1. The predicted molar refractivity (Wildman–Crippen MR) is 135 cm³/mol. The van der Waals surface area contributed by atoms with Crippen molar-refractivity contribution in [2.24, 2.45) is 11.8 Å². The van der Waals surface area contributed by atoms with Crippen molar-refractivity contribution in [3.05, 3.63) is 54.1 Å². The van der Waals surface area contributed by atoms with Gasteiger partial charge in [-0.1, -0.05) is 12.5 Å². The molecule has 5 rings (SSSR count). The van der Waals surface area contributed by atoms with Gasteiger partial charge in [0.25, 0.3) is 5.91 Å². The molecule has 0 bridgehead atoms. The van der Waals surface area contributed by atoms with Crippen LogP contribution in [-0.4, -0.2) is 75.2 Å². The second-order valence-electron chi connectivity index (χ2n) is 9.92. The van der Waals surface area contributed by atoms with Crippen LogP contribution in [0.5, 0.6) is 11.5 Å². The number of fused-ring (bicyclic) bond motifs is 1. The molecular weight excluding hydrogens is 426 g/mol. The molecule has 3 fully saturated rings. The van der Waals surface area contributed by atoms with Crippen molar-refractivity contribution >= 4 is 11.6 Å². The Morgan fingerprint density at radius 2 is 1.68 bits per heavy atom. The monoisotopic (exact) mass is 463 g/mol. The van der Waals surface area contributed by atoms with Gasteiger partial charge in [-0.25, -0.2) is 0 Å². The molecular formula is C28H37N3O3. The van der Waals surface area contributed by atoms with Crippen molar-refractivity contribution in [3.63, 3.8) is 0 Å². The van der Waals surface area contributed by atoms with Crippen LogP contribution >= 0.6 is 0 Å². The van der Waals surface area contributed by atoms with Crippen molar-refractivity contribution in [1.82, 2.24) is 9.80 Å². The van der Waals surface area contributed by atoms with Crippen LogP contribution < -0.4 is 14.4 Å². The number of amides is 1. The molecule has 0 spiro atoms. The van der Waals surface area contributed by atoms with Gasteiger partial charge in [0.15, 0.2) is 0 Å². The average molecular weight is 464 g/mol. The highest BCUT2D eigenvalue weighted by atomic mass is 16.5. The van der Waals surface area contributed by atoms with Crippen LogP contribution in [0.3, 0.4) is 0 Å². The normalized spacial score (nSPS) is 22.6. The molecule has 2 saturated heterocycles. The van der Waals surface area contributed by atoms with E-state index in [2.05, 4.69) is 15.9 Å². The summed E-state index contributed by atoms with van der Waals surface area (Å²) < 4.78 is 11.3. The fourth-order valence-electron chi connectivity index (χ4n) is 5.84. The minimum absolute atomic E-state index is 0.0939. The topological polar surface area (TPSA) is 45.3 Å². The van der Waals surface area contributed by atoms with Gasteiger partial charge in [-0.3, -0.25) is 4.79 Å². The minimum Gasteiger partial charge on any atom is -0.497 e. The van der Waals surface area contributed by atoms with E-state index in [1.54, 1.807) is 7.11 Å². The Balaban J connectivity index is 1.04. The third-order valence-electron chi connectivity index (χ3n) is 7.78. The van der Waals surface area contributed by atoms with Crippen LogP contribution in [0.2, 0.25) is 0 Å². The number of nitrogens with zero attached hydrogens (tertiary/aromatic N) is 3. The number of hydrogen-bond donors (Lipinski definition) is 0. The van der Waals surface area contributed by atoms with Gasteiger partial charge in [0.05, 0.1) is 13.7 Å². The smallest absolute Gasteiger partial charge is 0.253 e. The molecule has 2 atom stereocenters. The van der Waals surface area contributed by atoms with E-state index < -0.39 is 0 Å². The SMILES string of the molecule is COc1cccc(N2CCN(C(=O)c3ccc(OCCCN4CC5CCCC5C4)cc3)CC2)c1. The summed E-state index contributed by atoms with van der Waals surface area (Å²) >= 11 is 0. The van der Waals surface area contributed by atoms with Gasteiger partial charge >= 0.3 is 0 Å². The maximum Gasteiger partial charge on any atom is 0.253 e. The molecule has 3 aliphatic rings. The van der Waals surface area contributed by atoms with Crippen LogP contribution in [0, 0.1) is 11.8 Å². The van der Waals surface area contributed by atoms with Gasteiger partial charge in [0.1, 0.15) is 11.5 Å². The second kappa shape index (κ2) is 10.7. The fraction of sp³-hybridized carbons (Fsp3) is 0.536. The summed E-state index contributed by atoms with van der Waals surface area (Å²) in [4.78, 5) is 19.9. The molecule has 2 aliphatic heterocycles. The fourth-order valence-corrected chi connectivity index (χ4v) is 5.84. The maximum absolute atomic E-state index is 13.0. The van der Waals surface area contributed by atoms with E-state index in [4.69, 9.17) is 9.47 Å². The van der Waals surface area contributed by atoms with Crippen LogP contribution in [0.4, 0.5) is 5.69 Å². The van der Waals surface area contributed by atoms with Gasteiger partial charge in [-0.15, -0.1) is 0 Å². The van der Waals surface area contributed by atoms with Crippen molar-refractivity contribution in [2.75, 3.05) is 64.4 Å². The summed E-state index contributed by atoms with van der Waals surface area (Å²) in [5.41, 5.74) is 1.87. The minimum atomic E-state index is 0.0939. The Labute approximate surface area is 203 Å². The maximum atomic E-state index is 13.0. The molecule has 0 radical (unpaired) electrons. The quantitative estimate of drug-likeness (QED) is 0.550. The standard InChI is InChI=1S/C28H37N3O3/c1-33-27-8-3-7-25(19-27)30-14-16-31(17-15-30)28(32)22-9-11-26(12-10-22)34-18-4-13-29-20-23-5-2-6-24(23)21-29/h3,7-12,19,23-24H,2,4-6,13-18,20-21H2,1H3. The lowest BCUT2D eigenvalue weighted by atomic mass is 10.0. The summed E-state index contributed by atoms with van der Waals surface area (Å²) in [7, 11) is 1.68. The molecule has 34 heavy (non-hydrogen) atoms. The van der Waals surface area contributed by atoms with E-state index in [1.807, 2.05) is 47.4 Å². The average Bonchev–Trinajstić information content (AvgIpc) is 3.49. The molecule has 1 saturated carbocycles. The van der Waals surface area contributed by atoms with Gasteiger partial charge in [-0.2, -0.15) is 0 Å². The molecule has 6 heteroatoms.